The lowest BCUT2D eigenvalue weighted by Crippen LogP contribution is -1.99. The van der Waals surface area contributed by atoms with Crippen LogP contribution in [0.25, 0.3) is 11.4 Å². The second-order valence-corrected chi connectivity index (χ2v) is 5.54. The number of nitro groups is 1. The van der Waals surface area contributed by atoms with E-state index in [1.165, 1.54) is 12.1 Å². The van der Waals surface area contributed by atoms with Crippen molar-refractivity contribution in [2.24, 2.45) is 0 Å². The van der Waals surface area contributed by atoms with Crippen molar-refractivity contribution in [3.05, 3.63) is 69.0 Å². The van der Waals surface area contributed by atoms with Crippen molar-refractivity contribution in [1.82, 2.24) is 15.2 Å². The molecule has 3 aromatic rings. The lowest BCUT2D eigenvalue weighted by Gasteiger charge is -2.07. The Kier molecular flexibility index (Phi) is 4.43. The Labute approximate surface area is 142 Å². The first-order chi connectivity index (χ1) is 11.5. The molecule has 0 amide bonds. The van der Waals surface area contributed by atoms with E-state index in [-0.39, 0.29) is 12.3 Å². The average Bonchev–Trinajstić information content (AvgIpc) is 3.03. The number of H-pyrrole nitrogens is 1. The van der Waals surface area contributed by atoms with Crippen molar-refractivity contribution in [3.8, 4) is 17.1 Å². The van der Waals surface area contributed by atoms with Crippen LogP contribution >= 0.6 is 11.6 Å². The lowest BCUT2D eigenvalue weighted by molar-refractivity contribution is -0.384. The summed E-state index contributed by atoms with van der Waals surface area (Å²) in [6.07, 6.45) is 0. The molecule has 0 unspecified atom stereocenters. The number of rotatable bonds is 5. The minimum Gasteiger partial charge on any atom is -0.485 e. The van der Waals surface area contributed by atoms with Crippen LogP contribution < -0.4 is 4.74 Å². The maximum absolute atomic E-state index is 10.7. The topological polar surface area (TPSA) is 93.9 Å². The first-order valence-corrected chi connectivity index (χ1v) is 7.46. The summed E-state index contributed by atoms with van der Waals surface area (Å²) in [5.41, 5.74) is 1.64. The number of nitro benzene ring substituents is 1. The zero-order valence-corrected chi connectivity index (χ0v) is 13.4. The molecule has 0 aliphatic rings. The van der Waals surface area contributed by atoms with E-state index in [2.05, 4.69) is 15.2 Å². The molecule has 0 atom stereocenters. The second-order valence-electron chi connectivity index (χ2n) is 5.11. The Morgan fingerprint density at radius 3 is 2.67 bits per heavy atom. The van der Waals surface area contributed by atoms with Gasteiger partial charge in [0, 0.05) is 22.7 Å². The smallest absolute Gasteiger partial charge is 0.269 e. The van der Waals surface area contributed by atoms with Crippen LogP contribution in [0.4, 0.5) is 5.69 Å². The molecule has 122 valence electrons. The Bertz CT molecular complexity index is 877. The standard InChI is InChI=1S/C16H13ClN4O3/c1-10-8-12(17)4-7-14(10)24-9-15-18-16(20-19-15)11-2-5-13(6-3-11)21(22)23/h2-8H,9H2,1H3,(H,18,19,20). The van der Waals surface area contributed by atoms with Crippen LogP contribution in [0.15, 0.2) is 42.5 Å². The number of non-ortho nitro benzene ring substituents is 1. The maximum atomic E-state index is 10.7. The highest BCUT2D eigenvalue weighted by Gasteiger charge is 2.10. The van der Waals surface area contributed by atoms with Crippen molar-refractivity contribution < 1.29 is 9.66 Å². The van der Waals surface area contributed by atoms with E-state index in [0.29, 0.717) is 28.0 Å². The maximum Gasteiger partial charge on any atom is 0.269 e. The summed E-state index contributed by atoms with van der Waals surface area (Å²) in [5.74, 6) is 1.72. The second kappa shape index (κ2) is 6.67. The number of aromatic amines is 1. The van der Waals surface area contributed by atoms with Crippen molar-refractivity contribution >= 4 is 17.3 Å². The summed E-state index contributed by atoms with van der Waals surface area (Å²) >= 11 is 5.91. The quantitative estimate of drug-likeness (QED) is 0.559. The van der Waals surface area contributed by atoms with Gasteiger partial charge in [-0.05, 0) is 42.8 Å². The van der Waals surface area contributed by atoms with Crippen LogP contribution in [0.3, 0.4) is 0 Å². The van der Waals surface area contributed by atoms with Gasteiger partial charge < -0.3 is 4.74 Å². The minimum atomic E-state index is -0.449. The molecule has 1 heterocycles. The van der Waals surface area contributed by atoms with Crippen LogP contribution in [0.2, 0.25) is 5.02 Å². The molecule has 0 radical (unpaired) electrons. The van der Waals surface area contributed by atoms with Crippen LogP contribution in [0.5, 0.6) is 5.75 Å². The normalized spacial score (nSPS) is 10.6. The molecule has 0 saturated carbocycles. The van der Waals surface area contributed by atoms with Gasteiger partial charge in [-0.15, -0.1) is 0 Å². The molecule has 1 N–H and O–H groups in total. The van der Waals surface area contributed by atoms with Gasteiger partial charge in [-0.1, -0.05) is 11.6 Å². The van der Waals surface area contributed by atoms with Gasteiger partial charge in [0.2, 0.25) is 0 Å². The molecule has 0 fully saturated rings. The van der Waals surface area contributed by atoms with E-state index in [1.54, 1.807) is 24.3 Å². The van der Waals surface area contributed by atoms with E-state index in [0.717, 1.165) is 5.56 Å². The zero-order valence-electron chi connectivity index (χ0n) is 12.7. The number of aryl methyl sites for hydroxylation is 1. The van der Waals surface area contributed by atoms with Gasteiger partial charge in [-0.25, -0.2) is 4.98 Å². The monoisotopic (exact) mass is 344 g/mol. The summed E-state index contributed by atoms with van der Waals surface area (Å²) in [5, 5.41) is 18.2. The molecule has 0 saturated heterocycles. The van der Waals surface area contributed by atoms with Crippen molar-refractivity contribution in [2.75, 3.05) is 0 Å². The molecule has 1 aromatic heterocycles. The van der Waals surface area contributed by atoms with Gasteiger partial charge >= 0.3 is 0 Å². The van der Waals surface area contributed by atoms with Gasteiger partial charge in [0.05, 0.1) is 4.92 Å². The van der Waals surface area contributed by atoms with Crippen molar-refractivity contribution in [2.45, 2.75) is 13.5 Å². The molecular weight excluding hydrogens is 332 g/mol. The summed E-state index contributed by atoms with van der Waals surface area (Å²) in [6.45, 7) is 2.13. The third-order valence-corrected chi connectivity index (χ3v) is 3.60. The predicted molar refractivity (Wildman–Crippen MR) is 89.0 cm³/mol. The molecule has 0 bridgehead atoms. The van der Waals surface area contributed by atoms with Gasteiger partial charge in [-0.2, -0.15) is 5.10 Å². The van der Waals surface area contributed by atoms with E-state index >= 15 is 0 Å². The number of hydrogen-bond donors (Lipinski definition) is 1. The van der Waals surface area contributed by atoms with Crippen LogP contribution in [0.1, 0.15) is 11.4 Å². The van der Waals surface area contributed by atoms with Crippen LogP contribution in [-0.2, 0) is 6.61 Å². The molecule has 7 nitrogen and oxygen atoms in total. The Balaban J connectivity index is 1.70. The summed E-state index contributed by atoms with van der Waals surface area (Å²) < 4.78 is 5.70. The Hall–Kier alpha value is -2.93. The van der Waals surface area contributed by atoms with Gasteiger partial charge in [0.25, 0.3) is 5.69 Å². The number of aromatic nitrogens is 3. The molecule has 2 aromatic carbocycles. The van der Waals surface area contributed by atoms with Gasteiger partial charge in [-0.3, -0.25) is 15.2 Å². The highest BCUT2D eigenvalue weighted by Crippen LogP contribution is 2.23. The SMILES string of the molecule is Cc1cc(Cl)ccc1OCc1nc(-c2ccc([N+](=O)[O-])cc2)n[nH]1. The molecule has 0 spiro atoms. The highest BCUT2D eigenvalue weighted by molar-refractivity contribution is 6.30. The first kappa shape index (κ1) is 15.9. The lowest BCUT2D eigenvalue weighted by atomic mass is 10.2. The van der Waals surface area contributed by atoms with E-state index < -0.39 is 4.92 Å². The molecule has 0 aliphatic heterocycles. The summed E-state index contributed by atoms with van der Waals surface area (Å²) in [4.78, 5) is 14.5. The van der Waals surface area contributed by atoms with E-state index in [4.69, 9.17) is 16.3 Å². The molecular formula is C16H13ClN4O3. The summed E-state index contributed by atoms with van der Waals surface area (Å²) in [6, 6.07) is 11.4. The number of halogens is 1. The van der Waals surface area contributed by atoms with Crippen molar-refractivity contribution in [3.63, 3.8) is 0 Å². The first-order valence-electron chi connectivity index (χ1n) is 7.08. The average molecular weight is 345 g/mol. The number of benzene rings is 2. The molecule has 3 rings (SSSR count). The number of nitrogens with one attached hydrogen (secondary N) is 1. The van der Waals surface area contributed by atoms with Crippen molar-refractivity contribution in [1.29, 1.82) is 0 Å². The molecule has 8 heteroatoms. The third-order valence-electron chi connectivity index (χ3n) is 3.37. The molecule has 0 aliphatic carbocycles. The number of ether oxygens (including phenoxy) is 1. The number of hydrogen-bond acceptors (Lipinski definition) is 5. The Morgan fingerprint density at radius 2 is 2.00 bits per heavy atom. The minimum absolute atomic E-state index is 0.0241. The zero-order chi connectivity index (χ0) is 17.1. The van der Waals surface area contributed by atoms with E-state index in [1.807, 2.05) is 13.0 Å². The van der Waals surface area contributed by atoms with Crippen LogP contribution in [-0.4, -0.2) is 20.1 Å². The predicted octanol–water partition coefficient (Wildman–Crippen LogP) is 3.92. The molecule has 24 heavy (non-hydrogen) atoms. The van der Waals surface area contributed by atoms with Gasteiger partial charge in [0.1, 0.15) is 12.4 Å². The van der Waals surface area contributed by atoms with E-state index in [9.17, 15) is 10.1 Å². The van der Waals surface area contributed by atoms with Crippen LogP contribution in [0, 0.1) is 17.0 Å². The fourth-order valence-electron chi connectivity index (χ4n) is 2.14. The Morgan fingerprint density at radius 1 is 1.25 bits per heavy atom. The third kappa shape index (κ3) is 3.52. The fraction of sp³-hybridized carbons (Fsp3) is 0.125. The fourth-order valence-corrected chi connectivity index (χ4v) is 2.37. The highest BCUT2D eigenvalue weighted by atomic mass is 35.5. The largest absolute Gasteiger partial charge is 0.485 e. The number of nitrogens with zero attached hydrogens (tertiary/aromatic N) is 3. The van der Waals surface area contributed by atoms with Gasteiger partial charge in [0.15, 0.2) is 11.6 Å². The summed E-state index contributed by atoms with van der Waals surface area (Å²) in [7, 11) is 0.